The highest BCUT2D eigenvalue weighted by atomic mass is 32.1. The molecule has 2 heterocycles. The molecule has 7 nitrogen and oxygen atoms in total. The van der Waals surface area contributed by atoms with Crippen LogP contribution in [0.15, 0.2) is 24.5 Å². The van der Waals surface area contributed by atoms with Crippen molar-refractivity contribution in [3.8, 4) is 0 Å². The third-order valence-corrected chi connectivity index (χ3v) is 3.90. The molecule has 108 valence electrons. The summed E-state index contributed by atoms with van der Waals surface area (Å²) in [4.78, 5) is 16.9. The Balaban J connectivity index is 1.85. The standard InChI is InChI=1S/C13H13N5O2S/c1-8-12(21-17-16-8)13(20)15-9-2-3-11-10(6-9)14-7-18(11)4-5-19/h2-3,6-7,19H,4-5H2,1H3,(H,15,20). The molecule has 8 heteroatoms. The number of aliphatic hydroxyl groups is 1. The van der Waals surface area contributed by atoms with Crippen molar-refractivity contribution in [2.45, 2.75) is 13.5 Å². The van der Waals surface area contributed by atoms with E-state index in [0.717, 1.165) is 22.6 Å². The number of rotatable bonds is 4. The Labute approximate surface area is 124 Å². The first-order valence-electron chi connectivity index (χ1n) is 6.35. The highest BCUT2D eigenvalue weighted by Crippen LogP contribution is 2.19. The maximum atomic E-state index is 12.1. The number of amides is 1. The Morgan fingerprint density at radius 3 is 3.05 bits per heavy atom. The van der Waals surface area contributed by atoms with E-state index in [1.54, 1.807) is 25.4 Å². The number of nitrogens with zero attached hydrogens (tertiary/aromatic N) is 4. The minimum atomic E-state index is -0.225. The van der Waals surface area contributed by atoms with E-state index in [4.69, 9.17) is 5.11 Å². The van der Waals surface area contributed by atoms with Gasteiger partial charge in [-0.1, -0.05) is 4.49 Å². The van der Waals surface area contributed by atoms with Gasteiger partial charge in [0.15, 0.2) is 0 Å². The molecule has 3 aromatic rings. The maximum Gasteiger partial charge on any atom is 0.269 e. The predicted octanol–water partition coefficient (Wildman–Crippen LogP) is 1.44. The molecule has 0 aliphatic carbocycles. The summed E-state index contributed by atoms with van der Waals surface area (Å²) in [5, 5.41) is 15.6. The zero-order chi connectivity index (χ0) is 14.8. The van der Waals surface area contributed by atoms with E-state index in [1.807, 2.05) is 10.6 Å². The molecule has 0 unspecified atom stereocenters. The Morgan fingerprint density at radius 1 is 1.48 bits per heavy atom. The second-order valence-electron chi connectivity index (χ2n) is 4.51. The van der Waals surface area contributed by atoms with Crippen LogP contribution < -0.4 is 5.32 Å². The molecule has 0 fully saturated rings. The van der Waals surface area contributed by atoms with Crippen molar-refractivity contribution >= 4 is 34.2 Å². The highest BCUT2D eigenvalue weighted by molar-refractivity contribution is 7.08. The molecule has 0 saturated carbocycles. The summed E-state index contributed by atoms with van der Waals surface area (Å²) < 4.78 is 5.61. The molecule has 0 saturated heterocycles. The minimum Gasteiger partial charge on any atom is -0.395 e. The Hall–Kier alpha value is -2.32. The van der Waals surface area contributed by atoms with Gasteiger partial charge in [-0.2, -0.15) is 0 Å². The van der Waals surface area contributed by atoms with E-state index in [2.05, 4.69) is 19.9 Å². The van der Waals surface area contributed by atoms with Crippen LogP contribution in [0.2, 0.25) is 0 Å². The lowest BCUT2D eigenvalue weighted by molar-refractivity contribution is 0.103. The summed E-state index contributed by atoms with van der Waals surface area (Å²) in [6.45, 7) is 2.30. The monoisotopic (exact) mass is 303 g/mol. The lowest BCUT2D eigenvalue weighted by Gasteiger charge is -2.05. The van der Waals surface area contributed by atoms with E-state index < -0.39 is 0 Å². The first-order chi connectivity index (χ1) is 10.2. The normalized spacial score (nSPS) is 11.0. The number of aromatic nitrogens is 4. The van der Waals surface area contributed by atoms with E-state index in [9.17, 15) is 4.79 Å². The summed E-state index contributed by atoms with van der Waals surface area (Å²) >= 11 is 1.07. The second kappa shape index (κ2) is 5.58. The topological polar surface area (TPSA) is 92.9 Å². The van der Waals surface area contributed by atoms with E-state index in [-0.39, 0.29) is 12.5 Å². The van der Waals surface area contributed by atoms with Crippen LogP contribution in [0.4, 0.5) is 5.69 Å². The molecule has 0 aliphatic rings. The molecule has 2 N–H and O–H groups in total. The van der Waals surface area contributed by atoms with Crippen molar-refractivity contribution in [3.63, 3.8) is 0 Å². The fraction of sp³-hybridized carbons (Fsp3) is 0.231. The molecule has 0 atom stereocenters. The van der Waals surface area contributed by atoms with Gasteiger partial charge in [0, 0.05) is 12.2 Å². The van der Waals surface area contributed by atoms with E-state index >= 15 is 0 Å². The van der Waals surface area contributed by atoms with Gasteiger partial charge in [-0.15, -0.1) is 5.10 Å². The van der Waals surface area contributed by atoms with Crippen LogP contribution in [0.5, 0.6) is 0 Å². The number of imidazole rings is 1. The molecule has 2 aromatic heterocycles. The summed E-state index contributed by atoms with van der Waals surface area (Å²) in [5.41, 5.74) is 2.96. The van der Waals surface area contributed by atoms with Crippen molar-refractivity contribution in [1.29, 1.82) is 0 Å². The Bertz CT molecular complexity index is 795. The molecular formula is C13H13N5O2S. The van der Waals surface area contributed by atoms with E-state index in [1.165, 1.54) is 0 Å². The van der Waals surface area contributed by atoms with Crippen molar-refractivity contribution in [1.82, 2.24) is 19.1 Å². The highest BCUT2D eigenvalue weighted by Gasteiger charge is 2.13. The van der Waals surface area contributed by atoms with Crippen molar-refractivity contribution in [3.05, 3.63) is 35.1 Å². The average molecular weight is 303 g/mol. The van der Waals surface area contributed by atoms with Crippen LogP contribution in [-0.4, -0.2) is 36.8 Å². The second-order valence-corrected chi connectivity index (χ2v) is 5.26. The van der Waals surface area contributed by atoms with Gasteiger partial charge in [0.2, 0.25) is 0 Å². The zero-order valence-electron chi connectivity index (χ0n) is 11.3. The first kappa shape index (κ1) is 13.7. The van der Waals surface area contributed by atoms with Gasteiger partial charge in [-0.05, 0) is 36.7 Å². The number of nitrogens with one attached hydrogen (secondary N) is 1. The molecule has 0 spiro atoms. The summed E-state index contributed by atoms with van der Waals surface area (Å²) in [6.07, 6.45) is 1.67. The van der Waals surface area contributed by atoms with Gasteiger partial charge in [-0.3, -0.25) is 4.79 Å². The molecule has 0 bridgehead atoms. The number of hydrogen-bond donors (Lipinski definition) is 2. The molecule has 21 heavy (non-hydrogen) atoms. The smallest absolute Gasteiger partial charge is 0.269 e. The van der Waals surface area contributed by atoms with Crippen molar-refractivity contribution in [2.24, 2.45) is 0 Å². The Kier molecular flexibility index (Phi) is 3.63. The fourth-order valence-electron chi connectivity index (χ4n) is 2.06. The van der Waals surface area contributed by atoms with Crippen molar-refractivity contribution in [2.75, 3.05) is 11.9 Å². The van der Waals surface area contributed by atoms with Gasteiger partial charge < -0.3 is 15.0 Å². The van der Waals surface area contributed by atoms with Crippen molar-refractivity contribution < 1.29 is 9.90 Å². The maximum absolute atomic E-state index is 12.1. The first-order valence-corrected chi connectivity index (χ1v) is 7.12. The van der Waals surface area contributed by atoms with Crippen LogP contribution in [0.1, 0.15) is 15.4 Å². The molecule has 3 rings (SSSR count). The van der Waals surface area contributed by atoms with Crippen LogP contribution >= 0.6 is 11.5 Å². The molecule has 1 amide bonds. The molecule has 0 radical (unpaired) electrons. The minimum absolute atomic E-state index is 0.0571. The zero-order valence-corrected chi connectivity index (χ0v) is 12.1. The quantitative estimate of drug-likeness (QED) is 0.761. The lowest BCUT2D eigenvalue weighted by atomic mass is 10.2. The van der Waals surface area contributed by atoms with Gasteiger partial charge in [-0.25, -0.2) is 4.98 Å². The average Bonchev–Trinajstić information content (AvgIpc) is 3.06. The van der Waals surface area contributed by atoms with Gasteiger partial charge in [0.25, 0.3) is 5.91 Å². The lowest BCUT2D eigenvalue weighted by Crippen LogP contribution is -2.11. The van der Waals surface area contributed by atoms with E-state index in [0.29, 0.717) is 22.8 Å². The van der Waals surface area contributed by atoms with Gasteiger partial charge >= 0.3 is 0 Å². The number of carbonyl (C=O) groups is 1. The van der Waals surface area contributed by atoms with Crippen LogP contribution in [-0.2, 0) is 6.54 Å². The predicted molar refractivity (Wildman–Crippen MR) is 79.4 cm³/mol. The number of aryl methyl sites for hydroxylation is 1. The summed E-state index contributed by atoms with van der Waals surface area (Å²) in [5.74, 6) is -0.225. The number of anilines is 1. The number of carbonyl (C=O) groups excluding carboxylic acids is 1. The summed E-state index contributed by atoms with van der Waals surface area (Å²) in [6, 6.07) is 5.47. The molecule has 0 aliphatic heterocycles. The Morgan fingerprint density at radius 2 is 2.33 bits per heavy atom. The fourth-order valence-corrected chi connectivity index (χ4v) is 2.61. The molecular weight excluding hydrogens is 290 g/mol. The number of aliphatic hydroxyl groups excluding tert-OH is 1. The number of fused-ring (bicyclic) bond motifs is 1. The van der Waals surface area contributed by atoms with Crippen LogP contribution in [0.3, 0.4) is 0 Å². The number of hydrogen-bond acceptors (Lipinski definition) is 6. The number of benzene rings is 1. The third kappa shape index (κ3) is 2.63. The van der Waals surface area contributed by atoms with Crippen LogP contribution in [0.25, 0.3) is 11.0 Å². The summed E-state index contributed by atoms with van der Waals surface area (Å²) in [7, 11) is 0. The van der Waals surface area contributed by atoms with Crippen LogP contribution in [0, 0.1) is 6.92 Å². The SMILES string of the molecule is Cc1nnsc1C(=O)Nc1ccc2c(c1)ncn2CCO. The molecule has 1 aromatic carbocycles. The van der Waals surface area contributed by atoms with Gasteiger partial charge in [0.1, 0.15) is 4.88 Å². The largest absolute Gasteiger partial charge is 0.395 e. The van der Waals surface area contributed by atoms with Gasteiger partial charge in [0.05, 0.1) is 29.7 Å². The third-order valence-electron chi connectivity index (χ3n) is 3.08.